The Morgan fingerprint density at radius 3 is 2.43 bits per heavy atom. The third-order valence-electron chi connectivity index (χ3n) is 5.71. The SMILES string of the molecule is CCN1C(=O)C(C)(O)OC2(CCN(CCc3cc(F)ccc3F)CC2)C1(O)O. The fourth-order valence-electron chi connectivity index (χ4n) is 4.08. The Labute approximate surface area is 162 Å². The molecule has 7 nitrogen and oxygen atoms in total. The number of benzene rings is 1. The molecule has 2 fully saturated rings. The van der Waals surface area contributed by atoms with Crippen LogP contribution in [0.25, 0.3) is 0 Å². The van der Waals surface area contributed by atoms with Crippen LogP contribution < -0.4 is 0 Å². The molecule has 9 heteroatoms. The van der Waals surface area contributed by atoms with Crippen molar-refractivity contribution in [3.8, 4) is 0 Å². The summed E-state index contributed by atoms with van der Waals surface area (Å²) in [7, 11) is 0. The van der Waals surface area contributed by atoms with Gasteiger partial charge in [-0.25, -0.2) is 8.78 Å². The Balaban J connectivity index is 1.69. The van der Waals surface area contributed by atoms with E-state index in [9.17, 15) is 28.9 Å². The van der Waals surface area contributed by atoms with Gasteiger partial charge in [-0.3, -0.25) is 9.69 Å². The van der Waals surface area contributed by atoms with Gasteiger partial charge in [-0.05, 0) is 56.9 Å². The summed E-state index contributed by atoms with van der Waals surface area (Å²) in [5, 5.41) is 31.7. The van der Waals surface area contributed by atoms with Crippen molar-refractivity contribution in [1.82, 2.24) is 9.80 Å². The number of carbonyl (C=O) groups excluding carboxylic acids is 1. The third kappa shape index (κ3) is 3.53. The van der Waals surface area contributed by atoms with Gasteiger partial charge in [0.1, 0.15) is 17.2 Å². The second-order valence-electron chi connectivity index (χ2n) is 7.59. The molecule has 2 heterocycles. The lowest BCUT2D eigenvalue weighted by atomic mass is 9.83. The van der Waals surface area contributed by atoms with Crippen molar-refractivity contribution in [2.24, 2.45) is 0 Å². The van der Waals surface area contributed by atoms with E-state index in [1.54, 1.807) is 6.92 Å². The van der Waals surface area contributed by atoms with Gasteiger partial charge in [0.15, 0.2) is 0 Å². The first-order valence-corrected chi connectivity index (χ1v) is 9.38. The van der Waals surface area contributed by atoms with Crippen molar-refractivity contribution < 1.29 is 33.6 Å². The number of hydrogen-bond donors (Lipinski definition) is 3. The second-order valence-corrected chi connectivity index (χ2v) is 7.59. The fraction of sp³-hybridized carbons (Fsp3) is 0.632. The molecule has 1 atom stereocenters. The van der Waals surface area contributed by atoms with Gasteiger partial charge in [0.05, 0.1) is 0 Å². The standard InChI is InChI=1S/C19H26F2N2O5/c1-3-23-16(24)17(2,25)28-18(19(23,26)27)7-10-22(11-8-18)9-6-13-12-14(20)4-5-15(13)21/h4-5,12,25-27H,3,6-11H2,1-2H3. The quantitative estimate of drug-likeness (QED) is 0.640. The Morgan fingerprint density at radius 1 is 1.18 bits per heavy atom. The predicted octanol–water partition coefficient (Wildman–Crippen LogP) is 0.568. The third-order valence-corrected chi connectivity index (χ3v) is 5.71. The van der Waals surface area contributed by atoms with E-state index in [0.717, 1.165) is 17.0 Å². The molecular formula is C19H26F2N2O5. The Kier molecular flexibility index (Phi) is 5.50. The number of nitrogens with zero attached hydrogens (tertiary/aromatic N) is 2. The number of likely N-dealkylation sites (tertiary alicyclic amines) is 1. The lowest BCUT2D eigenvalue weighted by molar-refractivity contribution is -0.421. The number of carbonyl (C=O) groups is 1. The minimum atomic E-state index is -2.55. The molecular weight excluding hydrogens is 374 g/mol. The second kappa shape index (κ2) is 7.31. The Hall–Kier alpha value is -1.65. The molecule has 0 bridgehead atoms. The van der Waals surface area contributed by atoms with Crippen LogP contribution in [0.1, 0.15) is 32.3 Å². The number of rotatable bonds is 4. The highest BCUT2D eigenvalue weighted by molar-refractivity contribution is 5.84. The van der Waals surface area contributed by atoms with Crippen LogP contribution in [0.3, 0.4) is 0 Å². The number of halogens is 2. The molecule has 0 aromatic heterocycles. The molecule has 1 spiro atoms. The number of amides is 1. The van der Waals surface area contributed by atoms with Crippen LogP contribution >= 0.6 is 0 Å². The Bertz CT molecular complexity index is 748. The minimum absolute atomic E-state index is 0.00431. The topological polar surface area (TPSA) is 93.5 Å². The van der Waals surface area contributed by atoms with Gasteiger partial charge in [0.25, 0.3) is 11.8 Å². The van der Waals surface area contributed by atoms with Crippen LogP contribution in [-0.4, -0.2) is 74.5 Å². The van der Waals surface area contributed by atoms with E-state index in [-0.39, 0.29) is 24.9 Å². The fourth-order valence-corrected chi connectivity index (χ4v) is 4.08. The van der Waals surface area contributed by atoms with E-state index < -0.39 is 34.8 Å². The molecule has 156 valence electrons. The normalized spacial score (nSPS) is 27.4. The number of likely N-dealkylation sites (N-methyl/N-ethyl adjacent to an activating group) is 1. The molecule has 2 aliphatic heterocycles. The zero-order valence-electron chi connectivity index (χ0n) is 16.0. The van der Waals surface area contributed by atoms with E-state index in [1.807, 2.05) is 4.90 Å². The van der Waals surface area contributed by atoms with Gasteiger partial charge in [-0.15, -0.1) is 0 Å². The monoisotopic (exact) mass is 400 g/mol. The highest BCUT2D eigenvalue weighted by Crippen LogP contribution is 2.44. The van der Waals surface area contributed by atoms with Crippen molar-refractivity contribution in [3.05, 3.63) is 35.4 Å². The van der Waals surface area contributed by atoms with Crippen LogP contribution in [-0.2, 0) is 16.0 Å². The molecule has 1 aromatic rings. The molecule has 0 radical (unpaired) electrons. The maximum absolute atomic E-state index is 13.8. The van der Waals surface area contributed by atoms with Crippen LogP contribution in [0.5, 0.6) is 0 Å². The maximum Gasteiger partial charge on any atom is 0.286 e. The smallest absolute Gasteiger partial charge is 0.286 e. The van der Waals surface area contributed by atoms with Gasteiger partial charge in [-0.2, -0.15) is 0 Å². The molecule has 2 aliphatic rings. The first kappa shape index (κ1) is 21.1. The van der Waals surface area contributed by atoms with Crippen LogP contribution in [0, 0.1) is 11.6 Å². The number of ether oxygens (including phenoxy) is 1. The zero-order chi connectivity index (χ0) is 20.7. The maximum atomic E-state index is 13.8. The van der Waals surface area contributed by atoms with Crippen molar-refractivity contribution >= 4 is 5.91 Å². The first-order valence-electron chi connectivity index (χ1n) is 9.38. The van der Waals surface area contributed by atoms with E-state index in [2.05, 4.69) is 0 Å². The average molecular weight is 400 g/mol. The van der Waals surface area contributed by atoms with Crippen molar-refractivity contribution in [2.75, 3.05) is 26.2 Å². The average Bonchev–Trinajstić information content (AvgIpc) is 2.62. The molecule has 1 aromatic carbocycles. The predicted molar refractivity (Wildman–Crippen MR) is 94.7 cm³/mol. The van der Waals surface area contributed by atoms with E-state index in [4.69, 9.17) is 4.74 Å². The molecule has 2 saturated heterocycles. The van der Waals surface area contributed by atoms with Crippen molar-refractivity contribution in [3.63, 3.8) is 0 Å². The summed E-state index contributed by atoms with van der Waals surface area (Å²) in [5.74, 6) is -6.58. The molecule has 3 rings (SSSR count). The number of piperidine rings is 1. The minimum Gasteiger partial charge on any atom is -0.358 e. The van der Waals surface area contributed by atoms with E-state index in [0.29, 0.717) is 26.1 Å². The highest BCUT2D eigenvalue weighted by atomic mass is 19.1. The summed E-state index contributed by atoms with van der Waals surface area (Å²) in [6.45, 7) is 3.97. The molecule has 1 amide bonds. The highest BCUT2D eigenvalue weighted by Gasteiger charge is 2.65. The summed E-state index contributed by atoms with van der Waals surface area (Å²) >= 11 is 0. The number of aliphatic hydroxyl groups is 3. The summed E-state index contributed by atoms with van der Waals surface area (Å²) in [6, 6.07) is 3.33. The number of morpholine rings is 1. The summed E-state index contributed by atoms with van der Waals surface area (Å²) in [6.07, 6.45) is 0.593. The Morgan fingerprint density at radius 2 is 1.82 bits per heavy atom. The largest absolute Gasteiger partial charge is 0.358 e. The van der Waals surface area contributed by atoms with Crippen LogP contribution in [0.2, 0.25) is 0 Å². The lowest BCUT2D eigenvalue weighted by Crippen LogP contribution is -2.78. The summed E-state index contributed by atoms with van der Waals surface area (Å²) in [4.78, 5) is 15.0. The molecule has 0 aliphatic carbocycles. The number of hydrogen-bond acceptors (Lipinski definition) is 6. The molecule has 28 heavy (non-hydrogen) atoms. The zero-order valence-corrected chi connectivity index (χ0v) is 16.0. The molecule has 3 N–H and O–H groups in total. The van der Waals surface area contributed by atoms with E-state index >= 15 is 0 Å². The molecule has 0 saturated carbocycles. The molecule has 1 unspecified atom stereocenters. The van der Waals surface area contributed by atoms with E-state index in [1.165, 1.54) is 13.0 Å². The first-order chi connectivity index (χ1) is 13.0. The summed E-state index contributed by atoms with van der Waals surface area (Å²) < 4.78 is 32.6. The van der Waals surface area contributed by atoms with Gasteiger partial charge in [0, 0.05) is 26.2 Å². The van der Waals surface area contributed by atoms with Crippen LogP contribution in [0.15, 0.2) is 18.2 Å². The van der Waals surface area contributed by atoms with Crippen LogP contribution in [0.4, 0.5) is 8.78 Å². The summed E-state index contributed by atoms with van der Waals surface area (Å²) in [5.41, 5.74) is -1.26. The van der Waals surface area contributed by atoms with Gasteiger partial charge in [0.2, 0.25) is 5.79 Å². The van der Waals surface area contributed by atoms with Crippen molar-refractivity contribution in [1.29, 1.82) is 0 Å². The van der Waals surface area contributed by atoms with Crippen molar-refractivity contribution in [2.45, 2.75) is 50.4 Å². The lowest BCUT2D eigenvalue weighted by Gasteiger charge is -2.57. The van der Waals surface area contributed by atoms with Gasteiger partial charge < -0.3 is 25.0 Å². The van der Waals surface area contributed by atoms with Gasteiger partial charge in [-0.1, -0.05) is 0 Å². The van der Waals surface area contributed by atoms with Gasteiger partial charge >= 0.3 is 0 Å².